The predicted octanol–water partition coefficient (Wildman–Crippen LogP) is 4.39. The Bertz CT molecular complexity index is 732. The van der Waals surface area contributed by atoms with Gasteiger partial charge in [0.1, 0.15) is 11.4 Å². The molecule has 0 saturated carbocycles. The maximum Gasteiger partial charge on any atom is 0.573 e. The standard InChI is InChI=1S/C14H8F3NO2/c15-14(16,17)19-10-7-5-9(6-8-10)13-11-3-1-2-4-12(11)20-18-13/h1-8H. The van der Waals surface area contributed by atoms with Gasteiger partial charge in [0.15, 0.2) is 5.58 Å². The summed E-state index contributed by atoms with van der Waals surface area (Å²) in [4.78, 5) is 0. The van der Waals surface area contributed by atoms with Gasteiger partial charge in [0, 0.05) is 10.9 Å². The third-order valence-electron chi connectivity index (χ3n) is 2.74. The zero-order valence-corrected chi connectivity index (χ0v) is 10.0. The SMILES string of the molecule is FC(F)(F)Oc1ccc(-c2noc3ccccc23)cc1. The van der Waals surface area contributed by atoms with E-state index in [1.54, 1.807) is 6.07 Å². The third kappa shape index (κ3) is 2.45. The average molecular weight is 279 g/mol. The molecule has 0 spiro atoms. The molecule has 2 aromatic carbocycles. The first-order valence-electron chi connectivity index (χ1n) is 5.73. The van der Waals surface area contributed by atoms with Gasteiger partial charge in [-0.3, -0.25) is 0 Å². The van der Waals surface area contributed by atoms with Crippen molar-refractivity contribution in [2.24, 2.45) is 0 Å². The van der Waals surface area contributed by atoms with Gasteiger partial charge < -0.3 is 9.26 Å². The molecule has 0 aliphatic rings. The summed E-state index contributed by atoms with van der Waals surface area (Å²) in [5.74, 6) is -0.269. The van der Waals surface area contributed by atoms with Crippen LogP contribution in [0.1, 0.15) is 0 Å². The molecule has 6 heteroatoms. The molecule has 3 aromatic rings. The molecule has 0 N–H and O–H groups in total. The Labute approximate surface area is 111 Å². The van der Waals surface area contributed by atoms with E-state index in [9.17, 15) is 13.2 Å². The number of benzene rings is 2. The topological polar surface area (TPSA) is 35.3 Å². The van der Waals surface area contributed by atoms with E-state index in [2.05, 4.69) is 9.89 Å². The highest BCUT2D eigenvalue weighted by atomic mass is 19.4. The van der Waals surface area contributed by atoms with Crippen LogP contribution in [0.4, 0.5) is 13.2 Å². The third-order valence-corrected chi connectivity index (χ3v) is 2.74. The Morgan fingerprint density at radius 3 is 2.35 bits per heavy atom. The number of rotatable bonds is 2. The molecule has 0 bridgehead atoms. The lowest BCUT2D eigenvalue weighted by molar-refractivity contribution is -0.274. The van der Waals surface area contributed by atoms with E-state index in [0.29, 0.717) is 16.8 Å². The highest BCUT2D eigenvalue weighted by Crippen LogP contribution is 2.30. The van der Waals surface area contributed by atoms with E-state index < -0.39 is 6.36 Å². The fraction of sp³-hybridized carbons (Fsp3) is 0.0714. The molecule has 3 rings (SSSR count). The molecule has 3 nitrogen and oxygen atoms in total. The number of para-hydroxylation sites is 1. The summed E-state index contributed by atoms with van der Waals surface area (Å²) in [7, 11) is 0. The van der Waals surface area contributed by atoms with Crippen molar-refractivity contribution in [3.63, 3.8) is 0 Å². The lowest BCUT2D eigenvalue weighted by Crippen LogP contribution is -2.16. The molecular weight excluding hydrogens is 271 g/mol. The first kappa shape index (κ1) is 12.5. The van der Waals surface area contributed by atoms with Crippen molar-refractivity contribution >= 4 is 11.0 Å². The molecule has 1 aromatic heterocycles. The first-order chi connectivity index (χ1) is 9.53. The molecule has 0 aliphatic heterocycles. The minimum absolute atomic E-state index is 0.269. The number of hydrogen-bond acceptors (Lipinski definition) is 3. The second-order valence-corrected chi connectivity index (χ2v) is 4.10. The summed E-state index contributed by atoms with van der Waals surface area (Å²) in [6.07, 6.45) is -4.69. The van der Waals surface area contributed by atoms with Crippen molar-refractivity contribution < 1.29 is 22.4 Å². The number of aromatic nitrogens is 1. The lowest BCUT2D eigenvalue weighted by Gasteiger charge is -2.08. The van der Waals surface area contributed by atoms with E-state index in [-0.39, 0.29) is 5.75 Å². The smallest absolute Gasteiger partial charge is 0.406 e. The van der Waals surface area contributed by atoms with Gasteiger partial charge in [0.05, 0.1) is 0 Å². The summed E-state index contributed by atoms with van der Waals surface area (Å²) < 4.78 is 45.2. The van der Waals surface area contributed by atoms with Crippen LogP contribution in [0, 0.1) is 0 Å². The van der Waals surface area contributed by atoms with Gasteiger partial charge in [-0.05, 0) is 36.4 Å². The van der Waals surface area contributed by atoms with Crippen molar-refractivity contribution in [2.75, 3.05) is 0 Å². The van der Waals surface area contributed by atoms with Crippen LogP contribution in [-0.4, -0.2) is 11.5 Å². The quantitative estimate of drug-likeness (QED) is 0.697. The van der Waals surface area contributed by atoms with Crippen LogP contribution in [-0.2, 0) is 0 Å². The van der Waals surface area contributed by atoms with Gasteiger partial charge in [0.25, 0.3) is 0 Å². The molecule has 0 amide bonds. The average Bonchev–Trinajstić information content (AvgIpc) is 2.82. The molecule has 1 heterocycles. The Balaban J connectivity index is 1.95. The number of alkyl halides is 3. The summed E-state index contributed by atoms with van der Waals surface area (Å²) in [6, 6.07) is 12.8. The number of halogens is 3. The number of ether oxygens (including phenoxy) is 1. The van der Waals surface area contributed by atoms with Crippen molar-refractivity contribution in [1.82, 2.24) is 5.16 Å². The largest absolute Gasteiger partial charge is 0.573 e. The fourth-order valence-corrected chi connectivity index (χ4v) is 1.91. The van der Waals surface area contributed by atoms with E-state index in [1.807, 2.05) is 18.2 Å². The molecular formula is C14H8F3NO2. The molecule has 20 heavy (non-hydrogen) atoms. The van der Waals surface area contributed by atoms with Crippen LogP contribution in [0.2, 0.25) is 0 Å². The van der Waals surface area contributed by atoms with Gasteiger partial charge in [0.2, 0.25) is 0 Å². The first-order valence-corrected chi connectivity index (χ1v) is 5.73. The van der Waals surface area contributed by atoms with Crippen LogP contribution >= 0.6 is 0 Å². The number of fused-ring (bicyclic) bond motifs is 1. The maximum atomic E-state index is 12.1. The van der Waals surface area contributed by atoms with Crippen LogP contribution in [0.25, 0.3) is 22.2 Å². The zero-order valence-electron chi connectivity index (χ0n) is 10.0. The lowest BCUT2D eigenvalue weighted by atomic mass is 10.1. The fourth-order valence-electron chi connectivity index (χ4n) is 1.91. The summed E-state index contributed by atoms with van der Waals surface area (Å²) in [5, 5.41) is 4.73. The highest BCUT2D eigenvalue weighted by molar-refractivity contribution is 5.91. The Morgan fingerprint density at radius 1 is 0.950 bits per heavy atom. The van der Waals surface area contributed by atoms with Gasteiger partial charge in [-0.2, -0.15) is 0 Å². The molecule has 0 unspecified atom stereocenters. The van der Waals surface area contributed by atoms with Gasteiger partial charge in [-0.25, -0.2) is 0 Å². The summed E-state index contributed by atoms with van der Waals surface area (Å²) in [6.45, 7) is 0. The Kier molecular flexibility index (Phi) is 2.85. The van der Waals surface area contributed by atoms with Crippen LogP contribution in [0.5, 0.6) is 5.75 Å². The minimum atomic E-state index is -4.69. The van der Waals surface area contributed by atoms with E-state index >= 15 is 0 Å². The van der Waals surface area contributed by atoms with E-state index in [1.165, 1.54) is 24.3 Å². The normalized spacial score (nSPS) is 11.8. The Morgan fingerprint density at radius 2 is 1.65 bits per heavy atom. The van der Waals surface area contributed by atoms with Crippen LogP contribution in [0.3, 0.4) is 0 Å². The van der Waals surface area contributed by atoms with Crippen molar-refractivity contribution in [2.45, 2.75) is 6.36 Å². The van der Waals surface area contributed by atoms with Crippen LogP contribution in [0.15, 0.2) is 53.1 Å². The maximum absolute atomic E-state index is 12.1. The van der Waals surface area contributed by atoms with Crippen molar-refractivity contribution in [3.05, 3.63) is 48.5 Å². The monoisotopic (exact) mass is 279 g/mol. The Hall–Kier alpha value is -2.50. The van der Waals surface area contributed by atoms with Crippen molar-refractivity contribution in [1.29, 1.82) is 0 Å². The molecule has 102 valence electrons. The molecule has 0 saturated heterocycles. The minimum Gasteiger partial charge on any atom is -0.406 e. The van der Waals surface area contributed by atoms with Gasteiger partial charge in [-0.15, -0.1) is 13.2 Å². The molecule has 0 aliphatic carbocycles. The second-order valence-electron chi connectivity index (χ2n) is 4.10. The summed E-state index contributed by atoms with van der Waals surface area (Å²) >= 11 is 0. The van der Waals surface area contributed by atoms with E-state index in [4.69, 9.17) is 4.52 Å². The second kappa shape index (κ2) is 4.56. The molecule has 0 atom stereocenters. The molecule has 0 radical (unpaired) electrons. The van der Waals surface area contributed by atoms with Gasteiger partial charge >= 0.3 is 6.36 Å². The summed E-state index contributed by atoms with van der Waals surface area (Å²) in [5.41, 5.74) is 1.86. The predicted molar refractivity (Wildman–Crippen MR) is 66.1 cm³/mol. The molecule has 0 fully saturated rings. The van der Waals surface area contributed by atoms with Gasteiger partial charge in [-0.1, -0.05) is 17.3 Å². The number of nitrogens with zero attached hydrogens (tertiary/aromatic N) is 1. The van der Waals surface area contributed by atoms with Crippen LogP contribution < -0.4 is 4.74 Å². The highest BCUT2D eigenvalue weighted by Gasteiger charge is 2.31. The number of hydrogen-bond donors (Lipinski definition) is 0. The van der Waals surface area contributed by atoms with Crippen molar-refractivity contribution in [3.8, 4) is 17.0 Å². The van der Waals surface area contributed by atoms with E-state index in [0.717, 1.165) is 5.39 Å². The zero-order chi connectivity index (χ0) is 14.2.